The largest absolute Gasteiger partial charge is 0.448 e. The van der Waals surface area contributed by atoms with E-state index in [9.17, 15) is 14.4 Å². The fourth-order valence-electron chi connectivity index (χ4n) is 4.11. The number of piperidine rings is 1. The van der Waals surface area contributed by atoms with E-state index < -0.39 is 0 Å². The molecule has 0 bridgehead atoms. The van der Waals surface area contributed by atoms with Gasteiger partial charge in [0.05, 0.1) is 6.33 Å². The van der Waals surface area contributed by atoms with E-state index in [1.807, 2.05) is 36.4 Å². The number of rotatable bonds is 4. The maximum Gasteiger partial charge on any atom is 0.297 e. The van der Waals surface area contributed by atoms with Gasteiger partial charge in [0, 0.05) is 30.1 Å². The zero-order valence-corrected chi connectivity index (χ0v) is 17.4. The highest BCUT2D eigenvalue weighted by atomic mass is 16.3. The molecule has 2 amide bonds. The summed E-state index contributed by atoms with van der Waals surface area (Å²) in [6.07, 6.45) is 2.73. The lowest BCUT2D eigenvalue weighted by atomic mass is 10.0. The zero-order chi connectivity index (χ0) is 22.1. The van der Waals surface area contributed by atoms with Gasteiger partial charge >= 0.3 is 0 Å². The van der Waals surface area contributed by atoms with Crippen molar-refractivity contribution in [3.8, 4) is 0 Å². The van der Waals surface area contributed by atoms with Gasteiger partial charge in [0.15, 0.2) is 0 Å². The van der Waals surface area contributed by atoms with Crippen LogP contribution in [0.4, 0.5) is 0 Å². The molecule has 5 rings (SSSR count). The number of carbonyl (C=O) groups is 2. The van der Waals surface area contributed by atoms with E-state index in [2.05, 4.69) is 10.3 Å². The molecule has 8 heteroatoms. The minimum absolute atomic E-state index is 0.0167. The summed E-state index contributed by atoms with van der Waals surface area (Å²) in [5.41, 5.74) is 1.51. The van der Waals surface area contributed by atoms with Crippen molar-refractivity contribution in [2.24, 2.45) is 0 Å². The van der Waals surface area contributed by atoms with E-state index in [4.69, 9.17) is 4.42 Å². The third-order valence-corrected chi connectivity index (χ3v) is 5.88. The van der Waals surface area contributed by atoms with Gasteiger partial charge in [-0.1, -0.05) is 30.3 Å². The number of nitrogens with zero attached hydrogens (tertiary/aromatic N) is 3. The monoisotopic (exact) mass is 430 g/mol. The maximum atomic E-state index is 12.8. The highest BCUT2D eigenvalue weighted by Gasteiger charge is 2.25. The van der Waals surface area contributed by atoms with E-state index >= 15 is 0 Å². The molecule has 1 N–H and O–H groups in total. The molecule has 0 unspecified atom stereocenters. The molecule has 1 aliphatic rings. The average molecular weight is 430 g/mol. The van der Waals surface area contributed by atoms with Gasteiger partial charge in [-0.2, -0.15) is 0 Å². The van der Waals surface area contributed by atoms with Crippen LogP contribution < -0.4 is 10.9 Å². The van der Waals surface area contributed by atoms with Gasteiger partial charge in [0.25, 0.3) is 11.5 Å². The second-order valence-corrected chi connectivity index (χ2v) is 7.95. The summed E-state index contributed by atoms with van der Waals surface area (Å²) < 4.78 is 6.97. The van der Waals surface area contributed by atoms with Crippen molar-refractivity contribution in [2.45, 2.75) is 25.4 Å². The fourth-order valence-corrected chi connectivity index (χ4v) is 4.11. The Labute approximate surface area is 183 Å². The summed E-state index contributed by atoms with van der Waals surface area (Å²) in [5.74, 6) is -0.260. The van der Waals surface area contributed by atoms with Crippen molar-refractivity contribution in [3.63, 3.8) is 0 Å². The van der Waals surface area contributed by atoms with Crippen LogP contribution in [0.5, 0.6) is 0 Å². The molecule has 1 aliphatic heterocycles. The summed E-state index contributed by atoms with van der Waals surface area (Å²) in [4.78, 5) is 44.0. The summed E-state index contributed by atoms with van der Waals surface area (Å²) >= 11 is 0. The molecule has 2 aromatic heterocycles. The Bertz CT molecular complexity index is 1350. The molecule has 8 nitrogen and oxygen atoms in total. The SMILES string of the molecule is O=C(NC1CCN(C(=O)Cn2cnc3c(oc4ccccc43)c2=O)CC1)c1ccccc1. The van der Waals surface area contributed by atoms with Crippen LogP contribution >= 0.6 is 0 Å². The van der Waals surface area contributed by atoms with Crippen molar-refractivity contribution in [1.82, 2.24) is 19.8 Å². The van der Waals surface area contributed by atoms with Gasteiger partial charge < -0.3 is 14.6 Å². The Hall–Kier alpha value is -3.94. The minimum atomic E-state index is -0.371. The molecule has 4 aromatic rings. The first-order valence-electron chi connectivity index (χ1n) is 10.6. The van der Waals surface area contributed by atoms with Crippen molar-refractivity contribution in [3.05, 3.63) is 76.8 Å². The van der Waals surface area contributed by atoms with Crippen molar-refractivity contribution >= 4 is 33.9 Å². The first kappa shape index (κ1) is 20.0. The van der Waals surface area contributed by atoms with Gasteiger partial charge in [0.1, 0.15) is 17.6 Å². The first-order valence-corrected chi connectivity index (χ1v) is 10.6. The predicted molar refractivity (Wildman–Crippen MR) is 119 cm³/mol. The molecule has 162 valence electrons. The molecule has 3 heterocycles. The Morgan fingerprint density at radius 3 is 2.53 bits per heavy atom. The molecule has 1 saturated heterocycles. The Balaban J connectivity index is 1.23. The normalized spacial score (nSPS) is 14.7. The van der Waals surface area contributed by atoms with E-state index in [0.29, 0.717) is 42.6 Å². The number of benzene rings is 2. The first-order chi connectivity index (χ1) is 15.6. The number of likely N-dealkylation sites (tertiary alicyclic amines) is 1. The topological polar surface area (TPSA) is 97.4 Å². The van der Waals surface area contributed by atoms with Crippen molar-refractivity contribution < 1.29 is 14.0 Å². The van der Waals surface area contributed by atoms with E-state index in [0.717, 1.165) is 5.39 Å². The van der Waals surface area contributed by atoms with Crippen LogP contribution in [0.25, 0.3) is 22.1 Å². The third-order valence-electron chi connectivity index (χ3n) is 5.88. The molecule has 32 heavy (non-hydrogen) atoms. The maximum absolute atomic E-state index is 12.8. The summed E-state index contributed by atoms with van der Waals surface area (Å²) in [6.45, 7) is 0.946. The molecule has 0 atom stereocenters. The summed E-state index contributed by atoms with van der Waals surface area (Å²) in [5, 5.41) is 3.81. The average Bonchev–Trinajstić information content (AvgIpc) is 3.21. The van der Waals surface area contributed by atoms with Crippen LogP contribution in [0.1, 0.15) is 23.2 Å². The number of carbonyl (C=O) groups excluding carboxylic acids is 2. The van der Waals surface area contributed by atoms with Crippen LogP contribution in [0.15, 0.2) is 70.1 Å². The zero-order valence-electron chi connectivity index (χ0n) is 17.4. The number of amides is 2. The highest BCUT2D eigenvalue weighted by Crippen LogP contribution is 2.24. The molecule has 1 fully saturated rings. The fraction of sp³-hybridized carbons (Fsp3) is 0.250. The molecule has 0 spiro atoms. The van der Waals surface area contributed by atoms with Crippen molar-refractivity contribution in [2.75, 3.05) is 13.1 Å². The standard InChI is InChI=1S/C24H22N4O4/c29-20(27-12-10-17(11-13-27)26-23(30)16-6-2-1-3-7-16)14-28-15-25-21-18-8-4-5-9-19(18)32-22(21)24(28)31/h1-9,15,17H,10-14H2,(H,26,30). The molecule has 0 saturated carbocycles. The number of aromatic nitrogens is 2. The van der Waals surface area contributed by atoms with Crippen LogP contribution in [0.3, 0.4) is 0 Å². The minimum Gasteiger partial charge on any atom is -0.448 e. The number of hydrogen-bond donors (Lipinski definition) is 1. The number of fused-ring (bicyclic) bond motifs is 3. The number of hydrogen-bond acceptors (Lipinski definition) is 5. The van der Waals surface area contributed by atoms with Crippen LogP contribution in [0, 0.1) is 0 Å². The summed E-state index contributed by atoms with van der Waals surface area (Å²) in [7, 11) is 0. The molecule has 0 aliphatic carbocycles. The lowest BCUT2D eigenvalue weighted by Crippen LogP contribution is -2.47. The van der Waals surface area contributed by atoms with Gasteiger partial charge in [-0.25, -0.2) is 4.98 Å². The van der Waals surface area contributed by atoms with Gasteiger partial charge in [-0.15, -0.1) is 0 Å². The number of nitrogens with one attached hydrogen (secondary N) is 1. The molecular formula is C24H22N4O4. The van der Waals surface area contributed by atoms with Crippen LogP contribution in [0.2, 0.25) is 0 Å². The third kappa shape index (κ3) is 3.75. The molecule has 0 radical (unpaired) electrons. The Morgan fingerprint density at radius 1 is 1.03 bits per heavy atom. The number of para-hydroxylation sites is 1. The second-order valence-electron chi connectivity index (χ2n) is 7.95. The van der Waals surface area contributed by atoms with Crippen LogP contribution in [-0.2, 0) is 11.3 Å². The molecule has 2 aromatic carbocycles. The lowest BCUT2D eigenvalue weighted by molar-refractivity contribution is -0.133. The van der Waals surface area contributed by atoms with E-state index in [-0.39, 0.29) is 35.5 Å². The van der Waals surface area contributed by atoms with Gasteiger partial charge in [-0.3, -0.25) is 19.0 Å². The van der Waals surface area contributed by atoms with E-state index in [1.54, 1.807) is 23.1 Å². The molecular weight excluding hydrogens is 408 g/mol. The van der Waals surface area contributed by atoms with Crippen molar-refractivity contribution in [1.29, 1.82) is 0 Å². The Morgan fingerprint density at radius 2 is 1.75 bits per heavy atom. The van der Waals surface area contributed by atoms with Crippen LogP contribution in [-0.4, -0.2) is 45.4 Å². The second kappa shape index (κ2) is 8.30. The lowest BCUT2D eigenvalue weighted by Gasteiger charge is -2.32. The highest BCUT2D eigenvalue weighted by molar-refractivity contribution is 6.01. The summed E-state index contributed by atoms with van der Waals surface area (Å²) in [6, 6.07) is 16.4. The predicted octanol–water partition coefficient (Wildman–Crippen LogP) is 2.56. The number of furan rings is 1. The van der Waals surface area contributed by atoms with Gasteiger partial charge in [-0.05, 0) is 37.1 Å². The quantitative estimate of drug-likeness (QED) is 0.537. The Kier molecular flexibility index (Phi) is 5.18. The smallest absolute Gasteiger partial charge is 0.297 e. The van der Waals surface area contributed by atoms with E-state index in [1.165, 1.54) is 10.9 Å². The van der Waals surface area contributed by atoms with Gasteiger partial charge in [0.2, 0.25) is 11.5 Å².